The van der Waals surface area contributed by atoms with E-state index in [1.165, 1.54) is 18.4 Å². The van der Waals surface area contributed by atoms with Gasteiger partial charge in [0.25, 0.3) is 0 Å². The monoisotopic (exact) mass is 278 g/mol. The molecule has 1 saturated heterocycles. The summed E-state index contributed by atoms with van der Waals surface area (Å²) in [5.74, 6) is 0.915. The number of hydrogen-bond acceptors (Lipinski definition) is 2. The Morgan fingerprint density at radius 1 is 1.37 bits per heavy atom. The number of benzene rings is 1. The maximum absolute atomic E-state index is 6.09. The molecule has 1 atom stereocenters. The van der Waals surface area contributed by atoms with Crippen molar-refractivity contribution in [3.8, 4) is 0 Å². The van der Waals surface area contributed by atoms with E-state index in [1.807, 2.05) is 12.1 Å². The maximum atomic E-state index is 6.09. The van der Waals surface area contributed by atoms with Crippen molar-refractivity contribution in [3.05, 3.63) is 34.9 Å². The molecule has 1 aliphatic carbocycles. The van der Waals surface area contributed by atoms with Gasteiger partial charge in [0.15, 0.2) is 0 Å². The molecular formula is C16H23ClN2. The highest BCUT2D eigenvalue weighted by Crippen LogP contribution is 2.36. The van der Waals surface area contributed by atoms with Gasteiger partial charge in [-0.05, 0) is 50.3 Å². The van der Waals surface area contributed by atoms with Gasteiger partial charge in [0.1, 0.15) is 0 Å². The van der Waals surface area contributed by atoms with E-state index in [9.17, 15) is 0 Å². The van der Waals surface area contributed by atoms with Gasteiger partial charge in [-0.2, -0.15) is 0 Å². The van der Waals surface area contributed by atoms with Crippen LogP contribution in [0.2, 0.25) is 5.02 Å². The molecule has 0 amide bonds. The van der Waals surface area contributed by atoms with Gasteiger partial charge >= 0.3 is 0 Å². The molecule has 1 N–H and O–H groups in total. The minimum Gasteiger partial charge on any atom is -0.311 e. The number of nitrogens with zero attached hydrogens (tertiary/aromatic N) is 1. The van der Waals surface area contributed by atoms with Crippen molar-refractivity contribution < 1.29 is 0 Å². The first-order valence-electron chi connectivity index (χ1n) is 7.27. The quantitative estimate of drug-likeness (QED) is 0.913. The van der Waals surface area contributed by atoms with Crippen LogP contribution in [0, 0.1) is 5.92 Å². The first kappa shape index (κ1) is 13.4. The number of halogens is 1. The molecule has 0 aromatic heterocycles. The summed E-state index contributed by atoms with van der Waals surface area (Å²) in [6.07, 6.45) is 2.81. The van der Waals surface area contributed by atoms with E-state index in [1.54, 1.807) is 0 Å². The second kappa shape index (κ2) is 5.08. The molecule has 2 nitrogen and oxygen atoms in total. The zero-order valence-corrected chi connectivity index (χ0v) is 12.6. The molecule has 0 radical (unpaired) electrons. The Morgan fingerprint density at radius 2 is 2.16 bits per heavy atom. The minimum absolute atomic E-state index is 0.216. The number of nitrogens with one attached hydrogen (secondary N) is 1. The van der Waals surface area contributed by atoms with Crippen molar-refractivity contribution in [2.75, 3.05) is 13.1 Å². The molecule has 1 saturated carbocycles. The van der Waals surface area contributed by atoms with Crippen molar-refractivity contribution in [3.63, 3.8) is 0 Å². The summed E-state index contributed by atoms with van der Waals surface area (Å²) in [5, 5.41) is 4.57. The van der Waals surface area contributed by atoms with E-state index < -0.39 is 0 Å². The minimum atomic E-state index is 0.216. The van der Waals surface area contributed by atoms with Crippen molar-refractivity contribution >= 4 is 11.6 Å². The molecule has 2 aliphatic rings. The summed E-state index contributed by atoms with van der Waals surface area (Å²) in [4.78, 5) is 2.61. The normalized spacial score (nSPS) is 27.4. The van der Waals surface area contributed by atoms with E-state index in [0.29, 0.717) is 6.04 Å². The van der Waals surface area contributed by atoms with E-state index >= 15 is 0 Å². The highest BCUT2D eigenvalue weighted by molar-refractivity contribution is 6.30. The Bertz CT molecular complexity index is 454. The van der Waals surface area contributed by atoms with Gasteiger partial charge in [-0.25, -0.2) is 0 Å². The third-order valence-electron chi connectivity index (χ3n) is 4.52. The lowest BCUT2D eigenvalue weighted by Gasteiger charge is -2.46. The van der Waals surface area contributed by atoms with Gasteiger partial charge in [0, 0.05) is 36.2 Å². The van der Waals surface area contributed by atoms with Crippen molar-refractivity contribution in [1.29, 1.82) is 0 Å². The van der Waals surface area contributed by atoms with Crippen LogP contribution in [-0.2, 0) is 6.54 Å². The summed E-state index contributed by atoms with van der Waals surface area (Å²) >= 11 is 6.09. The fourth-order valence-electron chi connectivity index (χ4n) is 2.99. The molecule has 19 heavy (non-hydrogen) atoms. The van der Waals surface area contributed by atoms with Crippen LogP contribution in [-0.4, -0.2) is 29.6 Å². The van der Waals surface area contributed by atoms with Gasteiger partial charge in [-0.3, -0.25) is 4.90 Å². The molecule has 0 bridgehead atoms. The molecule has 1 aromatic rings. The van der Waals surface area contributed by atoms with Gasteiger partial charge in [-0.15, -0.1) is 0 Å². The lowest BCUT2D eigenvalue weighted by Crippen LogP contribution is -2.62. The topological polar surface area (TPSA) is 15.3 Å². The second-order valence-corrected chi connectivity index (χ2v) is 7.08. The van der Waals surface area contributed by atoms with E-state index in [2.05, 4.69) is 36.2 Å². The van der Waals surface area contributed by atoms with Crippen molar-refractivity contribution in [1.82, 2.24) is 10.2 Å². The maximum Gasteiger partial charge on any atom is 0.0409 e. The lowest BCUT2D eigenvalue weighted by atomic mass is 9.95. The summed E-state index contributed by atoms with van der Waals surface area (Å²) in [6, 6.07) is 8.95. The number of hydrogen-bond donors (Lipinski definition) is 1. The average molecular weight is 279 g/mol. The predicted molar refractivity (Wildman–Crippen MR) is 80.5 cm³/mol. The van der Waals surface area contributed by atoms with E-state index in [-0.39, 0.29) is 5.54 Å². The SMILES string of the molecule is CC1(C)CNC(C2CC2)CN1Cc1cccc(Cl)c1. The Morgan fingerprint density at radius 3 is 2.84 bits per heavy atom. The Balaban J connectivity index is 1.72. The van der Waals surface area contributed by atoms with Crippen LogP contribution in [0.4, 0.5) is 0 Å². The molecule has 104 valence electrons. The zero-order chi connectivity index (χ0) is 13.5. The molecule has 1 heterocycles. The van der Waals surface area contributed by atoms with Crippen LogP contribution in [0.15, 0.2) is 24.3 Å². The molecular weight excluding hydrogens is 256 g/mol. The Hall–Kier alpha value is -0.570. The molecule has 3 heteroatoms. The number of piperazine rings is 1. The van der Waals surface area contributed by atoms with Crippen LogP contribution >= 0.6 is 11.6 Å². The molecule has 1 aromatic carbocycles. The third-order valence-corrected chi connectivity index (χ3v) is 4.76. The van der Waals surface area contributed by atoms with Crippen LogP contribution in [0.3, 0.4) is 0 Å². The second-order valence-electron chi connectivity index (χ2n) is 6.65. The highest BCUT2D eigenvalue weighted by Gasteiger charge is 2.40. The lowest BCUT2D eigenvalue weighted by molar-refractivity contribution is 0.0534. The average Bonchev–Trinajstić information content (AvgIpc) is 3.16. The van der Waals surface area contributed by atoms with Gasteiger partial charge in [0.2, 0.25) is 0 Å². The largest absolute Gasteiger partial charge is 0.311 e. The summed E-state index contributed by atoms with van der Waals surface area (Å²) in [7, 11) is 0. The summed E-state index contributed by atoms with van der Waals surface area (Å²) < 4.78 is 0. The van der Waals surface area contributed by atoms with Crippen LogP contribution < -0.4 is 5.32 Å². The summed E-state index contributed by atoms with van der Waals surface area (Å²) in [6.45, 7) is 7.89. The first-order chi connectivity index (χ1) is 9.04. The van der Waals surface area contributed by atoms with E-state index in [4.69, 9.17) is 11.6 Å². The zero-order valence-electron chi connectivity index (χ0n) is 11.8. The van der Waals surface area contributed by atoms with Crippen molar-refractivity contribution in [2.45, 2.75) is 44.8 Å². The van der Waals surface area contributed by atoms with Gasteiger partial charge in [-0.1, -0.05) is 23.7 Å². The Kier molecular flexibility index (Phi) is 3.59. The first-order valence-corrected chi connectivity index (χ1v) is 7.65. The van der Waals surface area contributed by atoms with Crippen molar-refractivity contribution in [2.24, 2.45) is 5.92 Å². The molecule has 2 fully saturated rings. The molecule has 1 aliphatic heterocycles. The smallest absolute Gasteiger partial charge is 0.0409 e. The standard InChI is InChI=1S/C16H23ClN2/c1-16(2)11-18-15(13-6-7-13)10-19(16)9-12-4-3-5-14(17)8-12/h3-5,8,13,15,18H,6-7,9-11H2,1-2H3. The van der Waals surface area contributed by atoms with Gasteiger partial charge in [0.05, 0.1) is 0 Å². The molecule has 3 rings (SSSR count). The fraction of sp³-hybridized carbons (Fsp3) is 0.625. The summed E-state index contributed by atoms with van der Waals surface area (Å²) in [5.41, 5.74) is 1.53. The van der Waals surface area contributed by atoms with E-state index in [0.717, 1.165) is 30.6 Å². The van der Waals surface area contributed by atoms with Crippen LogP contribution in [0.25, 0.3) is 0 Å². The van der Waals surface area contributed by atoms with Crippen LogP contribution in [0.5, 0.6) is 0 Å². The highest BCUT2D eigenvalue weighted by atomic mass is 35.5. The molecule has 1 unspecified atom stereocenters. The van der Waals surface area contributed by atoms with Crippen LogP contribution in [0.1, 0.15) is 32.3 Å². The Labute approximate surface area is 121 Å². The van der Waals surface area contributed by atoms with Gasteiger partial charge < -0.3 is 5.32 Å². The predicted octanol–water partition coefficient (Wildman–Crippen LogP) is 3.30. The number of rotatable bonds is 3. The third kappa shape index (κ3) is 3.13. The molecule has 0 spiro atoms. The fourth-order valence-corrected chi connectivity index (χ4v) is 3.20.